The first-order valence-corrected chi connectivity index (χ1v) is 10.7. The van der Waals surface area contributed by atoms with Gasteiger partial charge in [-0.1, -0.05) is 19.1 Å². The summed E-state index contributed by atoms with van der Waals surface area (Å²) in [6.45, 7) is 9.67. The van der Waals surface area contributed by atoms with Gasteiger partial charge < -0.3 is 20.3 Å². The van der Waals surface area contributed by atoms with E-state index in [4.69, 9.17) is 9.73 Å². The molecule has 0 saturated carbocycles. The molecule has 7 nitrogen and oxygen atoms in total. The predicted octanol–water partition coefficient (Wildman–Crippen LogP) is 2.57. The van der Waals surface area contributed by atoms with Crippen molar-refractivity contribution < 1.29 is 14.3 Å². The smallest absolute Gasteiger partial charge is 0.310 e. The number of carbonyl (C=O) groups excluding carboxylic acids is 2. The van der Waals surface area contributed by atoms with Gasteiger partial charge in [0.2, 0.25) is 0 Å². The quantitative estimate of drug-likeness (QED) is 0.397. The number of likely N-dealkylation sites (tertiary alicyclic amines) is 1. The van der Waals surface area contributed by atoms with Gasteiger partial charge in [-0.25, -0.2) is 4.99 Å². The lowest BCUT2D eigenvalue weighted by Crippen LogP contribution is -2.48. The van der Waals surface area contributed by atoms with Crippen LogP contribution in [-0.2, 0) is 16.1 Å². The van der Waals surface area contributed by atoms with Crippen molar-refractivity contribution in [2.75, 3.05) is 32.8 Å². The van der Waals surface area contributed by atoms with Crippen molar-refractivity contribution in [3.63, 3.8) is 0 Å². The SMILES string of the molecule is CCCNC(=O)c1cccc(CN=C(NCC)N2CCCC(C(=O)OCC)C2)c1. The molecule has 0 bridgehead atoms. The average Bonchev–Trinajstić information content (AvgIpc) is 2.75. The highest BCUT2D eigenvalue weighted by Gasteiger charge is 2.28. The maximum atomic E-state index is 12.2. The maximum absolute atomic E-state index is 12.2. The molecule has 1 unspecified atom stereocenters. The molecule has 1 aliphatic heterocycles. The minimum atomic E-state index is -0.126. The number of amides is 1. The van der Waals surface area contributed by atoms with E-state index in [0.717, 1.165) is 43.9 Å². The van der Waals surface area contributed by atoms with Crippen molar-refractivity contribution in [2.24, 2.45) is 10.9 Å². The Balaban J connectivity index is 2.07. The minimum Gasteiger partial charge on any atom is -0.466 e. The molecule has 1 aromatic carbocycles. The zero-order chi connectivity index (χ0) is 21.1. The van der Waals surface area contributed by atoms with E-state index < -0.39 is 0 Å². The van der Waals surface area contributed by atoms with Gasteiger partial charge in [0.15, 0.2) is 5.96 Å². The fraction of sp³-hybridized carbons (Fsp3) is 0.591. The summed E-state index contributed by atoms with van der Waals surface area (Å²) in [5.41, 5.74) is 1.63. The van der Waals surface area contributed by atoms with Crippen LogP contribution >= 0.6 is 0 Å². The van der Waals surface area contributed by atoms with E-state index >= 15 is 0 Å². The van der Waals surface area contributed by atoms with E-state index in [2.05, 4.69) is 15.5 Å². The molecule has 1 aliphatic rings. The van der Waals surface area contributed by atoms with Gasteiger partial charge in [-0.2, -0.15) is 0 Å². The Morgan fingerprint density at radius 1 is 1.24 bits per heavy atom. The van der Waals surface area contributed by atoms with Crippen molar-refractivity contribution in [3.8, 4) is 0 Å². The lowest BCUT2D eigenvalue weighted by Gasteiger charge is -2.34. The first-order chi connectivity index (χ1) is 14.1. The number of rotatable bonds is 8. The maximum Gasteiger partial charge on any atom is 0.310 e. The van der Waals surface area contributed by atoms with Crippen LogP contribution in [0.5, 0.6) is 0 Å². The summed E-state index contributed by atoms with van der Waals surface area (Å²) < 4.78 is 5.20. The summed E-state index contributed by atoms with van der Waals surface area (Å²) >= 11 is 0. The number of guanidine groups is 1. The van der Waals surface area contributed by atoms with Crippen LogP contribution in [0.15, 0.2) is 29.3 Å². The molecule has 1 saturated heterocycles. The third-order valence-electron chi connectivity index (χ3n) is 4.81. The van der Waals surface area contributed by atoms with Crippen molar-refractivity contribution in [2.45, 2.75) is 46.6 Å². The third-order valence-corrected chi connectivity index (χ3v) is 4.81. The molecule has 0 spiro atoms. The van der Waals surface area contributed by atoms with E-state index in [9.17, 15) is 9.59 Å². The Hall–Kier alpha value is -2.57. The van der Waals surface area contributed by atoms with E-state index in [1.807, 2.05) is 45.0 Å². The van der Waals surface area contributed by atoms with Gasteiger partial charge in [0.05, 0.1) is 19.1 Å². The molecule has 1 fully saturated rings. The van der Waals surface area contributed by atoms with Crippen LogP contribution in [-0.4, -0.2) is 55.5 Å². The first kappa shape index (κ1) is 22.7. The van der Waals surface area contributed by atoms with Crippen molar-refractivity contribution in [3.05, 3.63) is 35.4 Å². The van der Waals surface area contributed by atoms with Gasteiger partial charge in [0.1, 0.15) is 0 Å². The monoisotopic (exact) mass is 402 g/mol. The number of carbonyl (C=O) groups is 2. The van der Waals surface area contributed by atoms with Crippen molar-refractivity contribution in [1.29, 1.82) is 0 Å². The first-order valence-electron chi connectivity index (χ1n) is 10.7. The summed E-state index contributed by atoms with van der Waals surface area (Å²) in [6.07, 6.45) is 2.69. The normalized spacial score (nSPS) is 17.0. The molecule has 0 aliphatic carbocycles. The molecule has 1 amide bonds. The number of nitrogens with zero attached hydrogens (tertiary/aromatic N) is 2. The second kappa shape index (κ2) is 12.1. The number of benzene rings is 1. The third kappa shape index (κ3) is 7.07. The Kier molecular flexibility index (Phi) is 9.47. The van der Waals surface area contributed by atoms with Crippen LogP contribution in [0.2, 0.25) is 0 Å². The Morgan fingerprint density at radius 2 is 2.07 bits per heavy atom. The summed E-state index contributed by atoms with van der Waals surface area (Å²) in [7, 11) is 0. The van der Waals surface area contributed by atoms with Crippen LogP contribution in [0.3, 0.4) is 0 Å². The van der Waals surface area contributed by atoms with Crippen LogP contribution in [0, 0.1) is 5.92 Å². The van der Waals surface area contributed by atoms with Crippen molar-refractivity contribution in [1.82, 2.24) is 15.5 Å². The molecule has 1 atom stereocenters. The molecule has 160 valence electrons. The highest BCUT2D eigenvalue weighted by atomic mass is 16.5. The van der Waals surface area contributed by atoms with Gasteiger partial charge in [-0.3, -0.25) is 9.59 Å². The van der Waals surface area contributed by atoms with Crippen LogP contribution in [0.1, 0.15) is 56.0 Å². The van der Waals surface area contributed by atoms with Crippen LogP contribution < -0.4 is 10.6 Å². The predicted molar refractivity (Wildman–Crippen MR) is 115 cm³/mol. The van der Waals surface area contributed by atoms with Crippen molar-refractivity contribution >= 4 is 17.8 Å². The standard InChI is InChI=1S/C22H34N4O3/c1-4-12-24-20(27)18-10-7-9-17(14-18)15-25-22(23-5-2)26-13-8-11-19(16-26)21(28)29-6-3/h7,9-10,14,19H,4-6,8,11-13,15-16H2,1-3H3,(H,23,25)(H,24,27). The molecular formula is C22H34N4O3. The lowest BCUT2D eigenvalue weighted by molar-refractivity contribution is -0.149. The summed E-state index contributed by atoms with van der Waals surface area (Å²) in [4.78, 5) is 31.2. The number of esters is 1. The van der Waals surface area contributed by atoms with Crippen LogP contribution in [0.4, 0.5) is 0 Å². The summed E-state index contributed by atoms with van der Waals surface area (Å²) in [5.74, 6) is 0.497. The van der Waals surface area contributed by atoms with E-state index in [-0.39, 0.29) is 17.8 Å². The zero-order valence-electron chi connectivity index (χ0n) is 17.9. The molecule has 0 radical (unpaired) electrons. The molecule has 0 aromatic heterocycles. The Morgan fingerprint density at radius 3 is 2.79 bits per heavy atom. The van der Waals surface area contributed by atoms with Gasteiger partial charge >= 0.3 is 5.97 Å². The summed E-state index contributed by atoms with van der Waals surface area (Å²) in [5, 5.41) is 6.22. The molecular weight excluding hydrogens is 368 g/mol. The highest BCUT2D eigenvalue weighted by molar-refractivity contribution is 5.94. The van der Waals surface area contributed by atoms with Crippen LogP contribution in [0.25, 0.3) is 0 Å². The average molecular weight is 403 g/mol. The second-order valence-corrected chi connectivity index (χ2v) is 7.16. The molecule has 2 N–H and O–H groups in total. The fourth-order valence-corrected chi connectivity index (χ4v) is 3.37. The van der Waals surface area contributed by atoms with Gasteiger partial charge in [0.25, 0.3) is 5.91 Å². The minimum absolute atomic E-state index is 0.0575. The highest BCUT2D eigenvalue weighted by Crippen LogP contribution is 2.18. The Bertz CT molecular complexity index is 705. The molecule has 1 heterocycles. The topological polar surface area (TPSA) is 83.0 Å². The van der Waals surface area contributed by atoms with Gasteiger partial charge in [-0.05, 0) is 50.8 Å². The molecule has 2 rings (SSSR count). The van der Waals surface area contributed by atoms with E-state index in [1.165, 1.54) is 0 Å². The zero-order valence-corrected chi connectivity index (χ0v) is 17.9. The Labute approximate surface area is 173 Å². The largest absolute Gasteiger partial charge is 0.466 e. The second-order valence-electron chi connectivity index (χ2n) is 7.16. The number of piperidine rings is 1. The number of hydrogen-bond donors (Lipinski definition) is 2. The summed E-state index contributed by atoms with van der Waals surface area (Å²) in [6, 6.07) is 7.56. The number of hydrogen-bond acceptors (Lipinski definition) is 4. The molecule has 7 heteroatoms. The fourth-order valence-electron chi connectivity index (χ4n) is 3.37. The van der Waals surface area contributed by atoms with E-state index in [1.54, 1.807) is 0 Å². The van der Waals surface area contributed by atoms with Gasteiger partial charge in [-0.15, -0.1) is 0 Å². The van der Waals surface area contributed by atoms with Gasteiger partial charge in [0, 0.05) is 31.7 Å². The number of nitrogens with one attached hydrogen (secondary N) is 2. The number of ether oxygens (including phenoxy) is 1. The molecule has 29 heavy (non-hydrogen) atoms. The van der Waals surface area contributed by atoms with E-state index in [0.29, 0.717) is 31.8 Å². The lowest BCUT2D eigenvalue weighted by atomic mass is 9.98. The molecule has 1 aromatic rings. The number of aliphatic imine (C=N–C) groups is 1.